The van der Waals surface area contributed by atoms with Crippen molar-refractivity contribution in [1.82, 2.24) is 15.5 Å². The normalized spacial score (nSPS) is 20.6. The van der Waals surface area contributed by atoms with Crippen molar-refractivity contribution in [3.63, 3.8) is 0 Å². The van der Waals surface area contributed by atoms with E-state index in [1.54, 1.807) is 0 Å². The highest BCUT2D eigenvalue weighted by atomic mass is 16.2. The lowest BCUT2D eigenvalue weighted by atomic mass is 9.92. The number of benzene rings is 1. The Morgan fingerprint density at radius 3 is 2.69 bits per heavy atom. The van der Waals surface area contributed by atoms with Crippen LogP contribution in [0.2, 0.25) is 0 Å². The van der Waals surface area contributed by atoms with Gasteiger partial charge in [0.1, 0.15) is 0 Å². The fraction of sp³-hybridized carbons (Fsp3) is 0.619. The van der Waals surface area contributed by atoms with Crippen LogP contribution in [0.3, 0.4) is 0 Å². The molecule has 0 saturated carbocycles. The van der Waals surface area contributed by atoms with E-state index in [0.29, 0.717) is 25.7 Å². The highest BCUT2D eigenvalue weighted by Gasteiger charge is 2.30. The molecular weight excluding hydrogens is 326 g/mol. The number of carbonyl (C=O) groups is 2. The van der Waals surface area contributed by atoms with Gasteiger partial charge < -0.3 is 10.6 Å². The SMILES string of the molecule is CCCCNC(=O)[C@@H]1CC[C@@H](C)N(CC(=O)NCc2ccccc2C)C1. The molecule has 1 aliphatic rings. The largest absolute Gasteiger partial charge is 0.356 e. The molecule has 2 amide bonds. The molecule has 2 rings (SSSR count). The number of nitrogens with zero attached hydrogens (tertiary/aromatic N) is 1. The van der Waals surface area contributed by atoms with Crippen LogP contribution in [0.15, 0.2) is 24.3 Å². The van der Waals surface area contributed by atoms with Gasteiger partial charge >= 0.3 is 0 Å². The summed E-state index contributed by atoms with van der Waals surface area (Å²) in [5, 5.41) is 6.04. The summed E-state index contributed by atoms with van der Waals surface area (Å²) < 4.78 is 0. The predicted molar refractivity (Wildman–Crippen MR) is 105 cm³/mol. The average Bonchev–Trinajstić information content (AvgIpc) is 2.63. The average molecular weight is 360 g/mol. The maximum atomic E-state index is 12.4. The number of piperidine rings is 1. The molecule has 1 saturated heterocycles. The quantitative estimate of drug-likeness (QED) is 0.702. The third-order valence-corrected chi connectivity index (χ3v) is 5.30. The second kappa shape index (κ2) is 10.3. The molecule has 1 heterocycles. The number of amides is 2. The summed E-state index contributed by atoms with van der Waals surface area (Å²) in [6.07, 6.45) is 3.95. The lowest BCUT2D eigenvalue weighted by Crippen LogP contribution is -2.50. The Morgan fingerprint density at radius 1 is 1.19 bits per heavy atom. The third kappa shape index (κ3) is 6.13. The zero-order chi connectivity index (χ0) is 18.9. The first-order chi connectivity index (χ1) is 12.5. The van der Waals surface area contributed by atoms with E-state index in [1.165, 1.54) is 5.56 Å². The summed E-state index contributed by atoms with van der Waals surface area (Å²) in [4.78, 5) is 26.8. The fourth-order valence-corrected chi connectivity index (χ4v) is 3.39. The molecular formula is C21H33N3O2. The van der Waals surface area contributed by atoms with Crippen molar-refractivity contribution in [3.8, 4) is 0 Å². The van der Waals surface area contributed by atoms with Gasteiger partial charge in [-0.25, -0.2) is 0 Å². The standard InChI is InChI=1S/C21H33N3O2/c1-4-5-12-22-21(26)19-11-10-17(3)24(14-19)15-20(25)23-13-18-9-7-6-8-16(18)2/h6-9,17,19H,4-5,10-15H2,1-3H3,(H,22,26)(H,23,25)/t17-,19-/m1/s1. The van der Waals surface area contributed by atoms with E-state index in [-0.39, 0.29) is 17.7 Å². The van der Waals surface area contributed by atoms with Gasteiger partial charge in [0.15, 0.2) is 0 Å². The fourth-order valence-electron chi connectivity index (χ4n) is 3.39. The lowest BCUT2D eigenvalue weighted by Gasteiger charge is -2.36. The van der Waals surface area contributed by atoms with Crippen LogP contribution in [-0.4, -0.2) is 42.4 Å². The summed E-state index contributed by atoms with van der Waals surface area (Å²) in [6.45, 7) is 8.62. The molecule has 5 nitrogen and oxygen atoms in total. The Balaban J connectivity index is 1.81. The van der Waals surface area contributed by atoms with E-state index in [9.17, 15) is 9.59 Å². The van der Waals surface area contributed by atoms with Crippen molar-refractivity contribution < 1.29 is 9.59 Å². The third-order valence-electron chi connectivity index (χ3n) is 5.30. The molecule has 1 aliphatic heterocycles. The molecule has 0 radical (unpaired) electrons. The lowest BCUT2D eigenvalue weighted by molar-refractivity contribution is -0.130. The van der Waals surface area contributed by atoms with E-state index in [2.05, 4.69) is 42.4 Å². The number of unbranched alkanes of at least 4 members (excludes halogenated alkanes) is 1. The highest BCUT2D eigenvalue weighted by Crippen LogP contribution is 2.21. The van der Waals surface area contributed by atoms with Gasteiger partial charge in [-0.05, 0) is 44.2 Å². The molecule has 0 aromatic heterocycles. The van der Waals surface area contributed by atoms with Crippen molar-refractivity contribution in [1.29, 1.82) is 0 Å². The zero-order valence-electron chi connectivity index (χ0n) is 16.4. The van der Waals surface area contributed by atoms with Crippen LogP contribution >= 0.6 is 0 Å². The number of likely N-dealkylation sites (tertiary alicyclic amines) is 1. The molecule has 2 N–H and O–H groups in total. The first-order valence-corrected chi connectivity index (χ1v) is 9.84. The van der Waals surface area contributed by atoms with Crippen LogP contribution in [0.4, 0.5) is 0 Å². The van der Waals surface area contributed by atoms with Crippen molar-refractivity contribution in [2.45, 2.75) is 59.0 Å². The Morgan fingerprint density at radius 2 is 1.96 bits per heavy atom. The van der Waals surface area contributed by atoms with E-state index in [1.807, 2.05) is 18.2 Å². The maximum absolute atomic E-state index is 12.4. The Bertz CT molecular complexity index is 603. The minimum Gasteiger partial charge on any atom is -0.356 e. The summed E-state index contributed by atoms with van der Waals surface area (Å²) in [5.74, 6) is 0.148. The number of nitrogens with one attached hydrogen (secondary N) is 2. The van der Waals surface area contributed by atoms with Gasteiger partial charge in [0.25, 0.3) is 0 Å². The molecule has 0 unspecified atom stereocenters. The molecule has 1 aromatic carbocycles. The topological polar surface area (TPSA) is 61.4 Å². The van der Waals surface area contributed by atoms with Crippen LogP contribution in [0.25, 0.3) is 0 Å². The summed E-state index contributed by atoms with van der Waals surface area (Å²) in [6, 6.07) is 8.41. The van der Waals surface area contributed by atoms with Crippen molar-refractivity contribution in [3.05, 3.63) is 35.4 Å². The van der Waals surface area contributed by atoms with Gasteiger partial charge in [0, 0.05) is 25.7 Å². The van der Waals surface area contributed by atoms with E-state index < -0.39 is 0 Å². The highest BCUT2D eigenvalue weighted by molar-refractivity contribution is 5.80. The monoisotopic (exact) mass is 359 g/mol. The number of hydrogen-bond acceptors (Lipinski definition) is 3. The van der Waals surface area contributed by atoms with Crippen molar-refractivity contribution in [2.75, 3.05) is 19.6 Å². The van der Waals surface area contributed by atoms with E-state index in [0.717, 1.165) is 37.8 Å². The molecule has 0 aliphatic carbocycles. The Kier molecular flexibility index (Phi) is 8.10. The van der Waals surface area contributed by atoms with Crippen LogP contribution in [-0.2, 0) is 16.1 Å². The van der Waals surface area contributed by atoms with Crippen LogP contribution in [0.5, 0.6) is 0 Å². The van der Waals surface area contributed by atoms with Gasteiger partial charge in [-0.1, -0.05) is 37.6 Å². The number of hydrogen-bond donors (Lipinski definition) is 2. The summed E-state index contributed by atoms with van der Waals surface area (Å²) in [5.41, 5.74) is 2.32. The molecule has 26 heavy (non-hydrogen) atoms. The predicted octanol–water partition coefficient (Wildman–Crippen LogP) is 2.63. The minimum absolute atomic E-state index is 0.00720. The number of aryl methyl sites for hydroxylation is 1. The van der Waals surface area contributed by atoms with Gasteiger partial charge in [-0.15, -0.1) is 0 Å². The first-order valence-electron chi connectivity index (χ1n) is 9.84. The first kappa shape index (κ1) is 20.4. The second-order valence-electron chi connectivity index (χ2n) is 7.40. The maximum Gasteiger partial charge on any atom is 0.234 e. The number of carbonyl (C=O) groups excluding carboxylic acids is 2. The van der Waals surface area contributed by atoms with Crippen LogP contribution < -0.4 is 10.6 Å². The second-order valence-corrected chi connectivity index (χ2v) is 7.40. The smallest absolute Gasteiger partial charge is 0.234 e. The van der Waals surface area contributed by atoms with Crippen molar-refractivity contribution >= 4 is 11.8 Å². The Labute approximate surface area is 157 Å². The molecule has 1 fully saturated rings. The molecule has 144 valence electrons. The summed E-state index contributed by atoms with van der Waals surface area (Å²) >= 11 is 0. The van der Waals surface area contributed by atoms with E-state index >= 15 is 0 Å². The summed E-state index contributed by atoms with van der Waals surface area (Å²) in [7, 11) is 0. The van der Waals surface area contributed by atoms with Crippen LogP contribution in [0.1, 0.15) is 50.7 Å². The van der Waals surface area contributed by atoms with Gasteiger partial charge in [0.05, 0.1) is 12.5 Å². The molecule has 0 bridgehead atoms. The molecule has 5 heteroatoms. The van der Waals surface area contributed by atoms with E-state index in [4.69, 9.17) is 0 Å². The zero-order valence-corrected chi connectivity index (χ0v) is 16.4. The molecule has 1 aromatic rings. The minimum atomic E-state index is -0.00720. The van der Waals surface area contributed by atoms with Gasteiger partial charge in [0.2, 0.25) is 11.8 Å². The van der Waals surface area contributed by atoms with Gasteiger partial charge in [-0.2, -0.15) is 0 Å². The molecule has 2 atom stereocenters. The van der Waals surface area contributed by atoms with Crippen molar-refractivity contribution in [2.24, 2.45) is 5.92 Å². The molecule has 0 spiro atoms. The number of rotatable bonds is 8. The van der Waals surface area contributed by atoms with Crippen LogP contribution in [0, 0.1) is 12.8 Å². The van der Waals surface area contributed by atoms with Gasteiger partial charge in [-0.3, -0.25) is 14.5 Å². The Hall–Kier alpha value is -1.88.